The molecule has 0 aliphatic carbocycles. The van der Waals surface area contributed by atoms with E-state index >= 15 is 0 Å². The molecule has 0 aromatic heterocycles. The molecule has 1 aliphatic rings. The van der Waals surface area contributed by atoms with Gasteiger partial charge in [-0.25, -0.2) is 4.39 Å². The van der Waals surface area contributed by atoms with Crippen molar-refractivity contribution in [3.05, 3.63) is 59.4 Å². The Labute approximate surface area is 156 Å². The van der Waals surface area contributed by atoms with E-state index in [0.29, 0.717) is 17.9 Å². The molecule has 1 atom stereocenters. The lowest BCUT2D eigenvalue weighted by Crippen LogP contribution is -2.28. The van der Waals surface area contributed by atoms with E-state index in [-0.39, 0.29) is 17.2 Å². The average Bonchev–Trinajstić information content (AvgIpc) is 2.99. The summed E-state index contributed by atoms with van der Waals surface area (Å²) >= 11 is 1.47. The van der Waals surface area contributed by atoms with E-state index in [4.69, 9.17) is 0 Å². The summed E-state index contributed by atoms with van der Waals surface area (Å²) in [7, 11) is 0. The maximum atomic E-state index is 14.3. The van der Waals surface area contributed by atoms with Gasteiger partial charge < -0.3 is 5.32 Å². The number of aryl methyl sites for hydroxylation is 1. The van der Waals surface area contributed by atoms with E-state index in [1.54, 1.807) is 12.1 Å². The molecule has 1 saturated heterocycles. The van der Waals surface area contributed by atoms with Crippen molar-refractivity contribution in [2.24, 2.45) is 0 Å². The van der Waals surface area contributed by atoms with Crippen molar-refractivity contribution in [1.29, 1.82) is 0 Å². The summed E-state index contributed by atoms with van der Waals surface area (Å²) in [5, 5.41) is 2.56. The topological polar surface area (TPSA) is 49.4 Å². The molecule has 0 spiro atoms. The van der Waals surface area contributed by atoms with Gasteiger partial charge in [-0.3, -0.25) is 14.5 Å². The van der Waals surface area contributed by atoms with Crippen LogP contribution in [0.5, 0.6) is 0 Å². The molecule has 2 aromatic carbocycles. The van der Waals surface area contributed by atoms with Crippen LogP contribution in [-0.4, -0.2) is 17.6 Å². The molecule has 0 saturated carbocycles. The summed E-state index contributed by atoms with van der Waals surface area (Å²) in [4.78, 5) is 25.6. The van der Waals surface area contributed by atoms with Gasteiger partial charge in [0.05, 0.1) is 11.4 Å². The van der Waals surface area contributed by atoms with E-state index in [9.17, 15) is 14.0 Å². The first-order valence-electron chi connectivity index (χ1n) is 8.59. The summed E-state index contributed by atoms with van der Waals surface area (Å²) in [6.45, 7) is 3.83. The molecule has 6 heteroatoms. The normalized spacial score (nSPS) is 16.8. The highest BCUT2D eigenvalue weighted by molar-refractivity contribution is 8.00. The highest BCUT2D eigenvalue weighted by Crippen LogP contribution is 2.42. The highest BCUT2D eigenvalue weighted by atomic mass is 32.2. The van der Waals surface area contributed by atoms with Crippen molar-refractivity contribution in [3.8, 4) is 0 Å². The number of amides is 2. The maximum absolute atomic E-state index is 14.3. The molecule has 1 heterocycles. The number of rotatable bonds is 5. The van der Waals surface area contributed by atoms with Gasteiger partial charge in [0.15, 0.2) is 0 Å². The zero-order chi connectivity index (χ0) is 18.7. The number of anilines is 2. The molecule has 0 unspecified atom stereocenters. The molecule has 0 radical (unpaired) electrons. The number of halogens is 1. The van der Waals surface area contributed by atoms with Crippen LogP contribution in [0.1, 0.15) is 36.3 Å². The third-order valence-corrected chi connectivity index (χ3v) is 5.40. The van der Waals surface area contributed by atoms with Crippen molar-refractivity contribution in [3.63, 3.8) is 0 Å². The summed E-state index contributed by atoms with van der Waals surface area (Å²) in [6.07, 6.45) is 1.27. The number of carbonyl (C=O) groups is 2. The van der Waals surface area contributed by atoms with Crippen LogP contribution in [0.4, 0.5) is 15.8 Å². The maximum Gasteiger partial charge on any atom is 0.238 e. The van der Waals surface area contributed by atoms with Gasteiger partial charge >= 0.3 is 0 Å². The largest absolute Gasteiger partial charge is 0.326 e. The Hall–Kier alpha value is -2.34. The molecule has 4 nitrogen and oxygen atoms in total. The van der Waals surface area contributed by atoms with Crippen molar-refractivity contribution in [2.75, 3.05) is 16.0 Å². The first-order valence-corrected chi connectivity index (χ1v) is 9.64. The Kier molecular flexibility index (Phi) is 5.61. The number of nitrogens with zero attached hydrogens (tertiary/aromatic N) is 1. The van der Waals surface area contributed by atoms with Gasteiger partial charge in [0.2, 0.25) is 11.8 Å². The first kappa shape index (κ1) is 18.5. The van der Waals surface area contributed by atoms with Crippen LogP contribution in [0.25, 0.3) is 0 Å². The van der Waals surface area contributed by atoms with Gasteiger partial charge in [-0.1, -0.05) is 25.1 Å². The summed E-state index contributed by atoms with van der Waals surface area (Å²) in [5.41, 5.74) is 2.83. The van der Waals surface area contributed by atoms with Gasteiger partial charge in [0, 0.05) is 12.1 Å². The Bertz CT molecular complexity index is 823. The van der Waals surface area contributed by atoms with Crippen LogP contribution in [0.15, 0.2) is 42.5 Å². The monoisotopic (exact) mass is 372 g/mol. The molecule has 2 amide bonds. The lowest BCUT2D eigenvalue weighted by molar-refractivity contribution is -0.116. The number of hydrogen-bond acceptors (Lipinski definition) is 3. The molecule has 1 fully saturated rings. The van der Waals surface area contributed by atoms with Crippen LogP contribution in [-0.2, 0) is 9.59 Å². The molecule has 2 aromatic rings. The molecule has 136 valence electrons. The second-order valence-corrected chi connectivity index (χ2v) is 7.37. The molecule has 0 bridgehead atoms. The Balaban J connectivity index is 1.84. The lowest BCUT2D eigenvalue weighted by Gasteiger charge is -2.25. The smallest absolute Gasteiger partial charge is 0.238 e. The van der Waals surface area contributed by atoms with E-state index in [0.717, 1.165) is 23.2 Å². The predicted molar refractivity (Wildman–Crippen MR) is 104 cm³/mol. The molecule has 1 aliphatic heterocycles. The molecular weight excluding hydrogens is 351 g/mol. The van der Waals surface area contributed by atoms with Crippen LogP contribution in [0.3, 0.4) is 0 Å². The molecular formula is C20H21FN2O2S. The number of benzene rings is 2. The fourth-order valence-electron chi connectivity index (χ4n) is 2.92. The summed E-state index contributed by atoms with van der Waals surface area (Å²) < 4.78 is 14.3. The summed E-state index contributed by atoms with van der Waals surface area (Å²) in [5.74, 6) is -0.216. The van der Waals surface area contributed by atoms with Crippen LogP contribution in [0, 0.1) is 12.7 Å². The van der Waals surface area contributed by atoms with Crippen molar-refractivity contribution in [1.82, 2.24) is 0 Å². The third kappa shape index (κ3) is 3.90. The average molecular weight is 372 g/mol. The van der Waals surface area contributed by atoms with E-state index < -0.39 is 5.82 Å². The minimum absolute atomic E-state index is 0.0193. The first-order chi connectivity index (χ1) is 12.5. The van der Waals surface area contributed by atoms with E-state index in [2.05, 4.69) is 5.32 Å². The van der Waals surface area contributed by atoms with Gasteiger partial charge in [-0.2, -0.15) is 0 Å². The van der Waals surface area contributed by atoms with Gasteiger partial charge in [0.25, 0.3) is 0 Å². The zero-order valence-electron chi connectivity index (χ0n) is 14.8. The molecule has 1 N–H and O–H groups in total. The minimum atomic E-state index is -0.403. The SMILES string of the molecule is CCCC(=O)Nc1ccc([C@@H]2SCC(=O)N2c2cc(C)ccc2F)cc1. The molecule has 3 rings (SSSR count). The van der Waals surface area contributed by atoms with Gasteiger partial charge in [0.1, 0.15) is 11.2 Å². The third-order valence-electron chi connectivity index (χ3n) is 4.19. The second-order valence-electron chi connectivity index (χ2n) is 6.30. The number of carbonyl (C=O) groups excluding carboxylic acids is 2. The number of thioether (sulfide) groups is 1. The van der Waals surface area contributed by atoms with Gasteiger partial charge in [-0.05, 0) is 48.7 Å². The quantitative estimate of drug-likeness (QED) is 0.831. The van der Waals surface area contributed by atoms with Crippen LogP contribution in [0.2, 0.25) is 0 Å². The predicted octanol–water partition coefficient (Wildman–Crippen LogP) is 4.65. The fraction of sp³-hybridized carbons (Fsp3) is 0.300. The lowest BCUT2D eigenvalue weighted by atomic mass is 10.1. The summed E-state index contributed by atoms with van der Waals surface area (Å²) in [6, 6.07) is 12.2. The van der Waals surface area contributed by atoms with Gasteiger partial charge in [-0.15, -0.1) is 11.8 Å². The van der Waals surface area contributed by atoms with Crippen molar-refractivity contribution >= 4 is 35.0 Å². The zero-order valence-corrected chi connectivity index (χ0v) is 15.6. The highest BCUT2D eigenvalue weighted by Gasteiger charge is 2.35. The second kappa shape index (κ2) is 7.91. The fourth-order valence-corrected chi connectivity index (χ4v) is 4.09. The Morgan fingerprint density at radius 1 is 1.27 bits per heavy atom. The van der Waals surface area contributed by atoms with Crippen LogP contribution >= 0.6 is 11.8 Å². The van der Waals surface area contributed by atoms with Crippen molar-refractivity contribution in [2.45, 2.75) is 32.1 Å². The Morgan fingerprint density at radius 3 is 2.69 bits per heavy atom. The molecule has 26 heavy (non-hydrogen) atoms. The number of nitrogens with one attached hydrogen (secondary N) is 1. The van der Waals surface area contributed by atoms with Crippen molar-refractivity contribution < 1.29 is 14.0 Å². The van der Waals surface area contributed by atoms with E-state index in [1.165, 1.54) is 22.7 Å². The number of hydrogen-bond donors (Lipinski definition) is 1. The van der Waals surface area contributed by atoms with E-state index in [1.807, 2.05) is 38.1 Å². The van der Waals surface area contributed by atoms with Crippen LogP contribution < -0.4 is 10.2 Å². The standard InChI is InChI=1S/C20H21FN2O2S/c1-3-4-18(24)22-15-8-6-14(7-9-15)20-23(19(25)12-26-20)17-11-13(2)5-10-16(17)21/h5-11,20H,3-4,12H2,1-2H3,(H,22,24)/t20-/m0/s1. The Morgan fingerprint density at radius 2 is 2.00 bits per heavy atom. The minimum Gasteiger partial charge on any atom is -0.326 e.